The molecule has 0 aliphatic carbocycles. The van der Waals surface area contributed by atoms with Crippen LogP contribution in [0, 0.1) is 10.1 Å². The molecule has 0 spiro atoms. The maximum absolute atomic E-state index is 11.0. The number of hydrogen-bond donors (Lipinski definition) is 1. The highest BCUT2D eigenvalue weighted by molar-refractivity contribution is 5.67. The molecule has 2 aromatic rings. The van der Waals surface area contributed by atoms with E-state index in [-0.39, 0.29) is 11.4 Å². The van der Waals surface area contributed by atoms with Gasteiger partial charge in [0.25, 0.3) is 5.69 Å². The van der Waals surface area contributed by atoms with Crippen molar-refractivity contribution in [3.8, 4) is 11.4 Å². The number of nitrogens with zero attached hydrogens (tertiary/aromatic N) is 4. The van der Waals surface area contributed by atoms with Gasteiger partial charge in [-0.05, 0) is 12.5 Å². The fraction of sp³-hybridized carbons (Fsp3) is 0.250. The Hall–Kier alpha value is -2.57. The average molecular weight is 259 g/mol. The molecule has 1 N–H and O–H groups in total. The van der Waals surface area contributed by atoms with Crippen LogP contribution in [0.25, 0.3) is 11.4 Å². The van der Waals surface area contributed by atoms with E-state index in [9.17, 15) is 10.1 Å². The summed E-state index contributed by atoms with van der Waals surface area (Å²) < 4.78 is 0. The van der Waals surface area contributed by atoms with E-state index in [1.807, 2.05) is 6.92 Å². The van der Waals surface area contributed by atoms with E-state index in [1.54, 1.807) is 6.07 Å². The molecule has 0 amide bonds. The highest BCUT2D eigenvalue weighted by atomic mass is 16.6. The summed E-state index contributed by atoms with van der Waals surface area (Å²) in [6.07, 6.45) is 5.39. The molecule has 98 valence electrons. The van der Waals surface area contributed by atoms with Gasteiger partial charge in [-0.1, -0.05) is 6.92 Å². The number of hydrogen-bond acceptors (Lipinski definition) is 6. The second-order valence-electron chi connectivity index (χ2n) is 3.84. The van der Waals surface area contributed by atoms with Gasteiger partial charge in [0.15, 0.2) is 5.69 Å². The number of rotatable bonds is 5. The first kappa shape index (κ1) is 12.9. The third kappa shape index (κ3) is 3.01. The summed E-state index contributed by atoms with van der Waals surface area (Å²) in [5.74, 6) is 0.591. The summed E-state index contributed by atoms with van der Waals surface area (Å²) in [5.41, 5.74) is 0.524. The van der Waals surface area contributed by atoms with Crippen LogP contribution < -0.4 is 5.32 Å². The molecule has 7 heteroatoms. The second kappa shape index (κ2) is 5.85. The van der Waals surface area contributed by atoms with Crippen LogP contribution in [0.3, 0.4) is 0 Å². The van der Waals surface area contributed by atoms with E-state index in [0.717, 1.165) is 13.0 Å². The van der Waals surface area contributed by atoms with Crippen LogP contribution in [-0.2, 0) is 0 Å². The Bertz CT molecular complexity index is 574. The molecular formula is C12H13N5O2. The Morgan fingerprint density at radius 1 is 1.37 bits per heavy atom. The van der Waals surface area contributed by atoms with Gasteiger partial charge in [-0.3, -0.25) is 20.1 Å². The lowest BCUT2D eigenvalue weighted by Crippen LogP contribution is -2.04. The Balaban J connectivity index is 2.45. The predicted octanol–water partition coefficient (Wildman–Crippen LogP) is 2.27. The van der Waals surface area contributed by atoms with E-state index in [2.05, 4.69) is 20.3 Å². The Morgan fingerprint density at radius 2 is 2.21 bits per heavy atom. The van der Waals surface area contributed by atoms with Gasteiger partial charge in [-0.2, -0.15) is 0 Å². The highest BCUT2D eigenvalue weighted by Crippen LogP contribution is 2.27. The molecule has 2 rings (SSSR count). The van der Waals surface area contributed by atoms with Crippen LogP contribution in [0.2, 0.25) is 0 Å². The number of nitrogens with one attached hydrogen (secondary N) is 1. The molecule has 0 saturated heterocycles. The van der Waals surface area contributed by atoms with Crippen molar-refractivity contribution in [3.63, 3.8) is 0 Å². The standard InChI is InChI=1S/C12H13N5O2/c1-2-5-15-11-4-3-10(17(18)19)12(16-11)9-8-13-6-7-14-9/h3-4,6-8H,2,5H2,1H3,(H,15,16). The van der Waals surface area contributed by atoms with Gasteiger partial charge < -0.3 is 5.32 Å². The van der Waals surface area contributed by atoms with Crippen LogP contribution >= 0.6 is 0 Å². The largest absolute Gasteiger partial charge is 0.370 e. The maximum atomic E-state index is 11.0. The molecule has 2 heterocycles. The van der Waals surface area contributed by atoms with E-state index < -0.39 is 4.92 Å². The van der Waals surface area contributed by atoms with Crippen molar-refractivity contribution in [3.05, 3.63) is 40.8 Å². The van der Waals surface area contributed by atoms with E-state index in [1.165, 1.54) is 24.7 Å². The van der Waals surface area contributed by atoms with Gasteiger partial charge in [0.1, 0.15) is 11.5 Å². The third-order valence-electron chi connectivity index (χ3n) is 2.43. The lowest BCUT2D eigenvalue weighted by atomic mass is 10.2. The molecule has 19 heavy (non-hydrogen) atoms. The van der Waals surface area contributed by atoms with Crippen molar-refractivity contribution in [2.24, 2.45) is 0 Å². The van der Waals surface area contributed by atoms with Crippen molar-refractivity contribution in [2.75, 3.05) is 11.9 Å². The minimum atomic E-state index is -0.472. The van der Waals surface area contributed by atoms with Crippen LogP contribution in [0.15, 0.2) is 30.7 Å². The summed E-state index contributed by atoms with van der Waals surface area (Å²) in [6, 6.07) is 3.02. The lowest BCUT2D eigenvalue weighted by molar-refractivity contribution is -0.384. The Morgan fingerprint density at radius 3 is 2.84 bits per heavy atom. The maximum Gasteiger partial charge on any atom is 0.297 e. The molecule has 2 aromatic heterocycles. The van der Waals surface area contributed by atoms with Gasteiger partial charge in [-0.15, -0.1) is 0 Å². The van der Waals surface area contributed by atoms with Crippen LogP contribution in [0.1, 0.15) is 13.3 Å². The first-order valence-electron chi connectivity index (χ1n) is 5.88. The molecule has 0 fully saturated rings. The highest BCUT2D eigenvalue weighted by Gasteiger charge is 2.18. The van der Waals surface area contributed by atoms with E-state index in [4.69, 9.17) is 0 Å². The van der Waals surface area contributed by atoms with Crippen molar-refractivity contribution >= 4 is 11.5 Å². The summed E-state index contributed by atoms with van der Waals surface area (Å²) in [4.78, 5) is 22.8. The van der Waals surface area contributed by atoms with Gasteiger partial charge >= 0.3 is 0 Å². The van der Waals surface area contributed by atoms with Crippen molar-refractivity contribution in [1.29, 1.82) is 0 Å². The summed E-state index contributed by atoms with van der Waals surface area (Å²) >= 11 is 0. The zero-order valence-corrected chi connectivity index (χ0v) is 10.4. The second-order valence-corrected chi connectivity index (χ2v) is 3.84. The summed E-state index contributed by atoms with van der Waals surface area (Å²) in [5, 5.41) is 14.1. The zero-order valence-electron chi connectivity index (χ0n) is 10.4. The van der Waals surface area contributed by atoms with E-state index >= 15 is 0 Å². The monoisotopic (exact) mass is 259 g/mol. The molecule has 0 atom stereocenters. The number of nitro groups is 1. The molecule has 7 nitrogen and oxygen atoms in total. The van der Waals surface area contributed by atoms with Gasteiger partial charge in [0, 0.05) is 25.0 Å². The summed E-state index contributed by atoms with van der Waals surface area (Å²) in [7, 11) is 0. The lowest BCUT2D eigenvalue weighted by Gasteiger charge is -2.06. The molecule has 0 aliphatic rings. The molecule has 0 saturated carbocycles. The Labute approximate surface area is 109 Å². The topological polar surface area (TPSA) is 93.8 Å². The normalized spacial score (nSPS) is 10.2. The first-order chi connectivity index (χ1) is 9.22. The van der Waals surface area contributed by atoms with Crippen LogP contribution in [-0.4, -0.2) is 26.4 Å². The van der Waals surface area contributed by atoms with Crippen molar-refractivity contribution < 1.29 is 4.92 Å². The molecule has 0 bridgehead atoms. The molecular weight excluding hydrogens is 246 g/mol. The third-order valence-corrected chi connectivity index (χ3v) is 2.43. The van der Waals surface area contributed by atoms with Gasteiger partial charge in [-0.25, -0.2) is 4.98 Å². The molecule has 0 aromatic carbocycles. The quantitative estimate of drug-likeness (QED) is 0.653. The molecule has 0 radical (unpaired) electrons. The number of anilines is 1. The zero-order chi connectivity index (χ0) is 13.7. The fourth-order valence-corrected chi connectivity index (χ4v) is 1.56. The predicted molar refractivity (Wildman–Crippen MR) is 70.7 cm³/mol. The van der Waals surface area contributed by atoms with Crippen LogP contribution in [0.5, 0.6) is 0 Å². The molecule has 0 aliphatic heterocycles. The first-order valence-corrected chi connectivity index (χ1v) is 5.88. The Kier molecular flexibility index (Phi) is 3.97. The SMILES string of the molecule is CCCNc1ccc([N+](=O)[O-])c(-c2cnccn2)n1. The van der Waals surface area contributed by atoms with Gasteiger partial charge in [0.2, 0.25) is 0 Å². The minimum Gasteiger partial charge on any atom is -0.370 e. The van der Waals surface area contributed by atoms with E-state index in [0.29, 0.717) is 11.5 Å². The average Bonchev–Trinajstić information content (AvgIpc) is 2.45. The van der Waals surface area contributed by atoms with Crippen molar-refractivity contribution in [2.45, 2.75) is 13.3 Å². The molecule has 0 unspecified atom stereocenters. The minimum absolute atomic E-state index is 0.0810. The summed E-state index contributed by atoms with van der Waals surface area (Å²) in [6.45, 7) is 2.78. The smallest absolute Gasteiger partial charge is 0.297 e. The van der Waals surface area contributed by atoms with Crippen LogP contribution in [0.4, 0.5) is 11.5 Å². The van der Waals surface area contributed by atoms with Gasteiger partial charge in [0.05, 0.1) is 11.1 Å². The van der Waals surface area contributed by atoms with Crippen molar-refractivity contribution in [1.82, 2.24) is 15.0 Å². The fourth-order valence-electron chi connectivity index (χ4n) is 1.56. The number of pyridine rings is 1. The number of aromatic nitrogens is 3.